The van der Waals surface area contributed by atoms with Gasteiger partial charge in [0.05, 0.1) is 17.0 Å². The Morgan fingerprint density at radius 1 is 1.25 bits per heavy atom. The summed E-state index contributed by atoms with van der Waals surface area (Å²) in [6, 6.07) is 10.6. The van der Waals surface area contributed by atoms with Gasteiger partial charge in [-0.25, -0.2) is 18.2 Å². The van der Waals surface area contributed by atoms with Gasteiger partial charge in [0.15, 0.2) is 5.58 Å². The third kappa shape index (κ3) is 3.83. The molecule has 0 spiro atoms. The second-order valence-corrected chi connectivity index (χ2v) is 10.1. The number of nitrogens with zero attached hydrogens (tertiary/aromatic N) is 4. The summed E-state index contributed by atoms with van der Waals surface area (Å²) in [5, 5.41) is 0.166. The highest BCUT2D eigenvalue weighted by molar-refractivity contribution is 7.93. The molecule has 1 aliphatic heterocycles. The van der Waals surface area contributed by atoms with Crippen LogP contribution in [0.3, 0.4) is 0 Å². The number of aromatic nitrogens is 3. The van der Waals surface area contributed by atoms with E-state index in [0.29, 0.717) is 12.1 Å². The summed E-state index contributed by atoms with van der Waals surface area (Å²) in [6.45, 7) is 5.37. The average molecular weight is 472 g/mol. The minimum atomic E-state index is -3.88. The van der Waals surface area contributed by atoms with Gasteiger partial charge < -0.3 is 4.42 Å². The van der Waals surface area contributed by atoms with Crippen molar-refractivity contribution in [3.63, 3.8) is 0 Å². The highest BCUT2D eigenvalue weighted by Crippen LogP contribution is 2.25. The summed E-state index contributed by atoms with van der Waals surface area (Å²) >= 11 is 0.936. The summed E-state index contributed by atoms with van der Waals surface area (Å²) in [5.74, 6) is -0.521. The molecule has 9 nitrogen and oxygen atoms in total. The third-order valence-corrected chi connectivity index (χ3v) is 7.80. The molecule has 1 N–H and O–H groups in total. The summed E-state index contributed by atoms with van der Waals surface area (Å²) < 4.78 is 38.4. The lowest BCUT2D eigenvalue weighted by Gasteiger charge is -2.29. The Labute approximate surface area is 188 Å². The average Bonchev–Trinajstić information content (AvgIpc) is 3.40. The zero-order chi connectivity index (χ0) is 22.3. The maximum atomic E-state index is 12.7. The molecule has 0 fully saturated rings. The molecular formula is C21H21N5O4S2. The van der Waals surface area contributed by atoms with Gasteiger partial charge in [0.25, 0.3) is 10.0 Å². The van der Waals surface area contributed by atoms with Gasteiger partial charge in [0.1, 0.15) is 6.33 Å². The first-order valence-corrected chi connectivity index (χ1v) is 12.4. The predicted octanol–water partition coefficient (Wildman–Crippen LogP) is 2.67. The van der Waals surface area contributed by atoms with E-state index in [1.165, 1.54) is 29.6 Å². The zero-order valence-corrected chi connectivity index (χ0v) is 18.9. The largest absolute Gasteiger partial charge is 0.420 e. The minimum Gasteiger partial charge on any atom is -0.408 e. The van der Waals surface area contributed by atoms with E-state index in [1.807, 2.05) is 12.1 Å². The van der Waals surface area contributed by atoms with Crippen LogP contribution in [0.2, 0.25) is 0 Å². The lowest BCUT2D eigenvalue weighted by atomic mass is 9.94. The molecular weight excluding hydrogens is 450 g/mol. The number of oxazole rings is 1. The predicted molar refractivity (Wildman–Crippen MR) is 121 cm³/mol. The van der Waals surface area contributed by atoms with Crippen molar-refractivity contribution in [1.29, 1.82) is 0 Å². The van der Waals surface area contributed by atoms with Crippen LogP contribution in [0.25, 0.3) is 11.1 Å². The number of rotatable bonds is 6. The number of hydrogen-bond acceptors (Lipinski definition) is 8. The van der Waals surface area contributed by atoms with Gasteiger partial charge in [-0.05, 0) is 41.8 Å². The van der Waals surface area contributed by atoms with Gasteiger partial charge in [0.2, 0.25) is 5.13 Å². The van der Waals surface area contributed by atoms with E-state index in [1.54, 1.807) is 10.6 Å². The van der Waals surface area contributed by atoms with Crippen LogP contribution in [0, 0.1) is 0 Å². The molecule has 0 radical (unpaired) electrons. The van der Waals surface area contributed by atoms with Crippen LogP contribution < -0.4 is 10.5 Å². The second-order valence-electron chi connectivity index (χ2n) is 7.61. The zero-order valence-electron chi connectivity index (χ0n) is 17.3. The third-order valence-electron chi connectivity index (χ3n) is 5.76. The van der Waals surface area contributed by atoms with Crippen molar-refractivity contribution in [3.05, 3.63) is 70.0 Å². The van der Waals surface area contributed by atoms with Crippen molar-refractivity contribution >= 4 is 37.8 Å². The molecule has 11 heteroatoms. The van der Waals surface area contributed by atoms with Crippen LogP contribution in [-0.2, 0) is 29.5 Å². The number of fused-ring (bicyclic) bond motifs is 2. The number of likely N-dealkylation sites (N-methyl/N-ethyl adjacent to an activating group) is 1. The van der Waals surface area contributed by atoms with Gasteiger partial charge >= 0.3 is 5.76 Å². The number of sulfonamides is 1. The van der Waals surface area contributed by atoms with E-state index in [4.69, 9.17) is 4.42 Å². The van der Waals surface area contributed by atoms with Crippen molar-refractivity contribution < 1.29 is 12.8 Å². The van der Waals surface area contributed by atoms with E-state index >= 15 is 0 Å². The number of hydrogen-bond donors (Lipinski definition) is 1. The SMILES string of the molecule is CCN1CCc2cccc(Cn3c(=O)oc4cc(S(=O)(=O)Nc5ncns5)ccc43)c2C1. The molecule has 0 saturated heterocycles. The Kier molecular flexibility index (Phi) is 5.31. The number of anilines is 1. The van der Waals surface area contributed by atoms with Gasteiger partial charge in [-0.3, -0.25) is 14.2 Å². The van der Waals surface area contributed by atoms with E-state index < -0.39 is 15.8 Å². The Balaban J connectivity index is 1.49. The van der Waals surface area contributed by atoms with E-state index in [2.05, 4.69) is 32.0 Å². The lowest BCUT2D eigenvalue weighted by Crippen LogP contribution is -2.31. The molecule has 1 aliphatic rings. The first kappa shape index (κ1) is 20.9. The topological polar surface area (TPSA) is 110 Å². The summed E-state index contributed by atoms with van der Waals surface area (Å²) in [4.78, 5) is 18.9. The Hall–Kier alpha value is -3.02. The van der Waals surface area contributed by atoms with E-state index in [0.717, 1.165) is 43.2 Å². The van der Waals surface area contributed by atoms with Crippen molar-refractivity contribution in [2.45, 2.75) is 31.3 Å². The number of nitrogens with one attached hydrogen (secondary N) is 1. The molecule has 3 heterocycles. The standard InChI is InChI=1S/C21H21N5O4S2/c1-2-25-9-8-14-4-3-5-15(17(14)12-25)11-26-18-7-6-16(10-19(18)30-21(26)27)32(28,29)24-20-22-13-23-31-20/h3-7,10,13H,2,8-9,11-12H2,1H3,(H,22,23,24). The van der Waals surface area contributed by atoms with Gasteiger partial charge in [-0.15, -0.1) is 0 Å². The van der Waals surface area contributed by atoms with Gasteiger partial charge in [-0.2, -0.15) is 4.37 Å². The van der Waals surface area contributed by atoms with Gasteiger partial charge in [-0.1, -0.05) is 25.1 Å². The summed E-state index contributed by atoms with van der Waals surface area (Å²) in [5.41, 5.74) is 4.40. The lowest BCUT2D eigenvalue weighted by molar-refractivity contribution is 0.267. The molecule has 0 unspecified atom stereocenters. The monoisotopic (exact) mass is 471 g/mol. The second kappa shape index (κ2) is 8.15. The Bertz CT molecular complexity index is 1440. The molecule has 32 heavy (non-hydrogen) atoms. The van der Waals surface area contributed by atoms with Crippen LogP contribution in [0.5, 0.6) is 0 Å². The highest BCUT2D eigenvalue weighted by atomic mass is 32.2. The van der Waals surface area contributed by atoms with Crippen molar-refractivity contribution in [3.8, 4) is 0 Å². The molecule has 2 aromatic carbocycles. The Morgan fingerprint density at radius 2 is 2.12 bits per heavy atom. The minimum absolute atomic E-state index is 0.0169. The normalized spacial score (nSPS) is 14.5. The molecule has 0 saturated carbocycles. The van der Waals surface area contributed by atoms with Crippen LogP contribution >= 0.6 is 11.5 Å². The Morgan fingerprint density at radius 3 is 2.91 bits per heavy atom. The molecule has 0 aliphatic carbocycles. The highest BCUT2D eigenvalue weighted by Gasteiger charge is 2.21. The van der Waals surface area contributed by atoms with E-state index in [9.17, 15) is 13.2 Å². The van der Waals surface area contributed by atoms with E-state index in [-0.39, 0.29) is 15.6 Å². The smallest absolute Gasteiger partial charge is 0.408 e. The quantitative estimate of drug-likeness (QED) is 0.460. The molecule has 5 rings (SSSR count). The molecule has 0 amide bonds. The summed E-state index contributed by atoms with van der Waals surface area (Å²) in [7, 11) is -3.88. The van der Waals surface area contributed by atoms with Crippen LogP contribution in [0.15, 0.2) is 56.8 Å². The maximum Gasteiger partial charge on any atom is 0.420 e. The number of benzene rings is 2. The first-order valence-electron chi connectivity index (χ1n) is 10.2. The fourth-order valence-electron chi connectivity index (χ4n) is 4.05. The van der Waals surface area contributed by atoms with Crippen molar-refractivity contribution in [2.24, 2.45) is 0 Å². The molecule has 4 aromatic rings. The molecule has 0 bridgehead atoms. The van der Waals surface area contributed by atoms with Crippen molar-refractivity contribution in [2.75, 3.05) is 17.8 Å². The fraction of sp³-hybridized carbons (Fsp3) is 0.286. The van der Waals surface area contributed by atoms with Crippen LogP contribution in [0.1, 0.15) is 23.6 Å². The first-order chi connectivity index (χ1) is 15.4. The molecule has 0 atom stereocenters. The maximum absolute atomic E-state index is 12.7. The van der Waals surface area contributed by atoms with Crippen molar-refractivity contribution in [1.82, 2.24) is 18.8 Å². The summed E-state index contributed by atoms with van der Waals surface area (Å²) in [6.07, 6.45) is 2.26. The van der Waals surface area contributed by atoms with Gasteiger partial charge in [0, 0.05) is 30.7 Å². The van der Waals surface area contributed by atoms with Crippen LogP contribution in [-0.4, -0.2) is 40.3 Å². The fourth-order valence-corrected chi connectivity index (χ4v) is 5.73. The van der Waals surface area contributed by atoms with Crippen LogP contribution in [0.4, 0.5) is 5.13 Å². The molecule has 166 valence electrons. The molecule has 2 aromatic heterocycles.